The minimum atomic E-state index is -3.79. The monoisotopic (exact) mass is 383 g/mol. The van der Waals surface area contributed by atoms with E-state index < -0.39 is 19.9 Å². The van der Waals surface area contributed by atoms with Crippen molar-refractivity contribution in [2.24, 2.45) is 0 Å². The van der Waals surface area contributed by atoms with E-state index in [-0.39, 0.29) is 22.4 Å². The van der Waals surface area contributed by atoms with Gasteiger partial charge in [0, 0.05) is 7.05 Å². The van der Waals surface area contributed by atoms with Crippen molar-refractivity contribution in [1.82, 2.24) is 9.78 Å². The van der Waals surface area contributed by atoms with Crippen molar-refractivity contribution in [2.45, 2.75) is 31.2 Å². The molecule has 1 saturated heterocycles. The van der Waals surface area contributed by atoms with Crippen LogP contribution < -0.4 is 4.31 Å². The number of hydrogen-bond donors (Lipinski definition) is 0. The van der Waals surface area contributed by atoms with E-state index in [1.54, 1.807) is 42.8 Å². The number of hydrogen-bond acceptors (Lipinski definition) is 5. The van der Waals surface area contributed by atoms with Crippen LogP contribution in [0.1, 0.15) is 23.9 Å². The Balaban J connectivity index is 2.03. The van der Waals surface area contributed by atoms with Crippen LogP contribution in [0.4, 0.5) is 5.69 Å². The Bertz CT molecular complexity index is 996. The van der Waals surface area contributed by atoms with Gasteiger partial charge in [0.05, 0.1) is 34.6 Å². The van der Waals surface area contributed by atoms with E-state index in [1.165, 1.54) is 11.4 Å². The van der Waals surface area contributed by atoms with Gasteiger partial charge in [-0.05, 0) is 32.4 Å². The van der Waals surface area contributed by atoms with Crippen molar-refractivity contribution in [3.8, 4) is 0 Å². The summed E-state index contributed by atoms with van der Waals surface area (Å²) in [6.07, 6.45) is 0.457. The number of sulfone groups is 1. The fourth-order valence-corrected chi connectivity index (χ4v) is 6.50. The third kappa shape index (κ3) is 3.18. The Morgan fingerprint density at radius 3 is 2.40 bits per heavy atom. The third-order valence-electron chi connectivity index (χ3n) is 4.55. The minimum absolute atomic E-state index is 0.00295. The maximum atomic E-state index is 13.1. The lowest BCUT2D eigenvalue weighted by Crippen LogP contribution is -2.27. The van der Waals surface area contributed by atoms with Crippen molar-refractivity contribution < 1.29 is 16.8 Å². The van der Waals surface area contributed by atoms with Crippen LogP contribution in [-0.4, -0.2) is 45.2 Å². The van der Waals surface area contributed by atoms with E-state index in [4.69, 9.17) is 0 Å². The maximum absolute atomic E-state index is 13.1. The van der Waals surface area contributed by atoms with Gasteiger partial charge in [-0.15, -0.1) is 0 Å². The number of nitrogens with zero attached hydrogens (tertiary/aromatic N) is 3. The summed E-state index contributed by atoms with van der Waals surface area (Å²) in [5, 5.41) is 4.35. The lowest BCUT2D eigenvalue weighted by atomic mass is 10.2. The van der Waals surface area contributed by atoms with Gasteiger partial charge in [0.1, 0.15) is 4.90 Å². The number of rotatable bonds is 4. The zero-order valence-corrected chi connectivity index (χ0v) is 16.0. The van der Waals surface area contributed by atoms with Crippen LogP contribution in [0.3, 0.4) is 0 Å². The number of anilines is 1. The van der Waals surface area contributed by atoms with Gasteiger partial charge in [-0.1, -0.05) is 18.2 Å². The normalized spacial score (nSPS) is 19.9. The molecule has 0 saturated carbocycles. The summed E-state index contributed by atoms with van der Waals surface area (Å²) < 4.78 is 52.4. The summed E-state index contributed by atoms with van der Waals surface area (Å²) in [6.45, 7) is 3.31. The Morgan fingerprint density at radius 1 is 1.20 bits per heavy atom. The van der Waals surface area contributed by atoms with Crippen LogP contribution in [0.5, 0.6) is 0 Å². The topological polar surface area (TPSA) is 89.3 Å². The molecule has 0 N–H and O–H groups in total. The number of sulfonamides is 1. The maximum Gasteiger partial charge on any atom is 0.267 e. The molecule has 1 atom stereocenters. The Kier molecular flexibility index (Phi) is 4.40. The second kappa shape index (κ2) is 6.14. The molecule has 1 aliphatic rings. The quantitative estimate of drug-likeness (QED) is 0.801. The molecule has 7 nitrogen and oxygen atoms in total. The first-order valence-electron chi connectivity index (χ1n) is 7.93. The highest BCUT2D eigenvalue weighted by Gasteiger charge is 2.35. The van der Waals surface area contributed by atoms with Gasteiger partial charge in [-0.3, -0.25) is 8.99 Å². The molecule has 1 aromatic carbocycles. The third-order valence-corrected chi connectivity index (χ3v) is 8.34. The van der Waals surface area contributed by atoms with E-state index in [0.717, 1.165) is 0 Å². The lowest BCUT2D eigenvalue weighted by molar-refractivity contribution is 0.484. The van der Waals surface area contributed by atoms with Gasteiger partial charge in [-0.25, -0.2) is 16.8 Å². The molecule has 2 heterocycles. The molecule has 1 fully saturated rings. The van der Waals surface area contributed by atoms with E-state index in [0.29, 0.717) is 23.5 Å². The van der Waals surface area contributed by atoms with Crippen LogP contribution in [0, 0.1) is 13.8 Å². The van der Waals surface area contributed by atoms with Gasteiger partial charge in [0.25, 0.3) is 10.0 Å². The summed E-state index contributed by atoms with van der Waals surface area (Å²) in [5.74, 6) is 0.116. The molecular formula is C16H21N3O4S2. The molecule has 0 spiro atoms. The van der Waals surface area contributed by atoms with Crippen LogP contribution in [-0.2, 0) is 19.9 Å². The molecular weight excluding hydrogens is 362 g/mol. The van der Waals surface area contributed by atoms with E-state index >= 15 is 0 Å². The summed E-state index contributed by atoms with van der Waals surface area (Å²) in [4.78, 5) is 0.142. The second-order valence-electron chi connectivity index (χ2n) is 6.31. The Labute approximate surface area is 148 Å². The standard InChI is InChI=1S/C16H21N3O4S2/c1-12-16(25(22,23)18(3)14-7-5-4-6-8-14)13(2)19(17-12)15-9-10-24(20,21)11-15/h4-8,15H,9-11H2,1-3H3/t15-/m1/s1. The molecule has 1 aliphatic heterocycles. The molecule has 0 aliphatic carbocycles. The number of aryl methyl sites for hydroxylation is 1. The predicted molar refractivity (Wildman–Crippen MR) is 96.0 cm³/mol. The lowest BCUT2D eigenvalue weighted by Gasteiger charge is -2.20. The van der Waals surface area contributed by atoms with Crippen molar-refractivity contribution in [3.05, 3.63) is 41.7 Å². The molecule has 1 aromatic heterocycles. The largest absolute Gasteiger partial charge is 0.269 e. The first-order valence-corrected chi connectivity index (χ1v) is 11.2. The molecule has 0 unspecified atom stereocenters. The molecule has 3 rings (SSSR count). The predicted octanol–water partition coefficient (Wildman–Crippen LogP) is 1.68. The van der Waals surface area contributed by atoms with Crippen molar-refractivity contribution >= 4 is 25.5 Å². The summed E-state index contributed by atoms with van der Waals surface area (Å²) in [7, 11) is -5.37. The van der Waals surface area contributed by atoms with Gasteiger partial charge >= 0.3 is 0 Å². The minimum Gasteiger partial charge on any atom is -0.269 e. The summed E-state index contributed by atoms with van der Waals surface area (Å²) in [5.41, 5.74) is 1.41. The molecule has 0 radical (unpaired) electrons. The summed E-state index contributed by atoms with van der Waals surface area (Å²) in [6, 6.07) is 8.49. The number of para-hydroxylation sites is 1. The van der Waals surface area contributed by atoms with Crippen LogP contribution in [0.25, 0.3) is 0 Å². The highest BCUT2D eigenvalue weighted by molar-refractivity contribution is 7.93. The number of aromatic nitrogens is 2. The van der Waals surface area contributed by atoms with Gasteiger partial charge in [0.2, 0.25) is 0 Å². The zero-order valence-electron chi connectivity index (χ0n) is 14.4. The molecule has 25 heavy (non-hydrogen) atoms. The van der Waals surface area contributed by atoms with Crippen molar-refractivity contribution in [2.75, 3.05) is 22.9 Å². The molecule has 2 aromatic rings. The van der Waals surface area contributed by atoms with Crippen LogP contribution in [0.2, 0.25) is 0 Å². The highest BCUT2D eigenvalue weighted by atomic mass is 32.2. The molecule has 136 valence electrons. The Hall–Kier alpha value is -1.87. The molecule has 0 bridgehead atoms. The highest BCUT2D eigenvalue weighted by Crippen LogP contribution is 2.31. The van der Waals surface area contributed by atoms with E-state index in [9.17, 15) is 16.8 Å². The number of benzene rings is 1. The van der Waals surface area contributed by atoms with Gasteiger partial charge in [0.15, 0.2) is 9.84 Å². The zero-order chi connectivity index (χ0) is 18.4. The van der Waals surface area contributed by atoms with Gasteiger partial charge in [-0.2, -0.15) is 5.10 Å². The summed E-state index contributed by atoms with van der Waals surface area (Å²) >= 11 is 0. The van der Waals surface area contributed by atoms with Crippen molar-refractivity contribution in [1.29, 1.82) is 0 Å². The fraction of sp³-hybridized carbons (Fsp3) is 0.438. The fourth-order valence-electron chi connectivity index (χ4n) is 3.26. The SMILES string of the molecule is Cc1nn([C@@H]2CCS(=O)(=O)C2)c(C)c1S(=O)(=O)N(C)c1ccccc1. The average Bonchev–Trinajstić information content (AvgIpc) is 3.06. The van der Waals surface area contributed by atoms with Gasteiger partial charge < -0.3 is 0 Å². The van der Waals surface area contributed by atoms with Crippen LogP contribution >= 0.6 is 0 Å². The van der Waals surface area contributed by atoms with Crippen molar-refractivity contribution in [3.63, 3.8) is 0 Å². The average molecular weight is 383 g/mol. The molecule has 9 heteroatoms. The first kappa shape index (κ1) is 17.9. The smallest absolute Gasteiger partial charge is 0.267 e. The first-order chi connectivity index (χ1) is 11.6. The van der Waals surface area contributed by atoms with E-state index in [2.05, 4.69) is 5.10 Å². The molecule has 0 amide bonds. The van der Waals surface area contributed by atoms with Crippen LogP contribution in [0.15, 0.2) is 35.2 Å². The second-order valence-corrected chi connectivity index (χ2v) is 10.4. The Morgan fingerprint density at radius 2 is 1.84 bits per heavy atom. The van der Waals surface area contributed by atoms with E-state index in [1.807, 2.05) is 6.07 Å².